The van der Waals surface area contributed by atoms with Crippen LogP contribution in [0.1, 0.15) is 26.2 Å². The van der Waals surface area contributed by atoms with Crippen LogP contribution >= 0.6 is 0 Å². The van der Waals surface area contributed by atoms with Crippen LogP contribution in [0.3, 0.4) is 0 Å². The van der Waals surface area contributed by atoms with Crippen LogP contribution in [0.4, 0.5) is 0 Å². The third-order valence-electron chi connectivity index (χ3n) is 2.67. The standard InChI is InChI=1S/C10H19N3O2/c1-8(14)13-5-3-2-4-9(7-13)12-10(15)6-11/h9H,2-7,11H2,1H3,(H,12,15). The molecule has 2 amide bonds. The number of nitrogens with two attached hydrogens (primary N) is 1. The minimum absolute atomic E-state index is 0.0105. The molecule has 1 heterocycles. The zero-order valence-corrected chi connectivity index (χ0v) is 9.16. The van der Waals surface area contributed by atoms with Gasteiger partial charge in [0.25, 0.3) is 0 Å². The second-order valence-corrected chi connectivity index (χ2v) is 3.93. The van der Waals surface area contributed by atoms with Gasteiger partial charge in [-0.05, 0) is 19.3 Å². The van der Waals surface area contributed by atoms with Crippen molar-refractivity contribution in [1.82, 2.24) is 10.2 Å². The Labute approximate surface area is 90.0 Å². The number of carbonyl (C=O) groups is 2. The van der Waals surface area contributed by atoms with Crippen molar-refractivity contribution in [1.29, 1.82) is 0 Å². The highest BCUT2D eigenvalue weighted by Crippen LogP contribution is 2.10. The molecule has 0 aromatic heterocycles. The van der Waals surface area contributed by atoms with Crippen LogP contribution in [-0.2, 0) is 9.59 Å². The molecule has 0 spiro atoms. The van der Waals surface area contributed by atoms with E-state index < -0.39 is 0 Å². The maximum absolute atomic E-state index is 11.2. The van der Waals surface area contributed by atoms with Gasteiger partial charge in [0.05, 0.1) is 6.54 Å². The normalized spacial score (nSPS) is 22.0. The highest BCUT2D eigenvalue weighted by Gasteiger charge is 2.20. The average molecular weight is 213 g/mol. The fourth-order valence-electron chi connectivity index (χ4n) is 1.83. The summed E-state index contributed by atoms with van der Waals surface area (Å²) in [5, 5.41) is 2.84. The summed E-state index contributed by atoms with van der Waals surface area (Å²) in [5.41, 5.74) is 5.23. The van der Waals surface area contributed by atoms with Gasteiger partial charge in [0, 0.05) is 26.1 Å². The summed E-state index contributed by atoms with van der Waals surface area (Å²) in [4.78, 5) is 24.2. The lowest BCUT2D eigenvalue weighted by atomic mass is 10.1. The van der Waals surface area contributed by atoms with Gasteiger partial charge in [-0.15, -0.1) is 0 Å². The van der Waals surface area contributed by atoms with E-state index in [9.17, 15) is 9.59 Å². The first-order valence-corrected chi connectivity index (χ1v) is 5.38. The van der Waals surface area contributed by atoms with Crippen molar-refractivity contribution in [3.05, 3.63) is 0 Å². The number of hydrogen-bond acceptors (Lipinski definition) is 3. The van der Waals surface area contributed by atoms with Gasteiger partial charge in [0.15, 0.2) is 0 Å². The zero-order valence-electron chi connectivity index (χ0n) is 9.16. The van der Waals surface area contributed by atoms with Crippen molar-refractivity contribution in [3.63, 3.8) is 0 Å². The lowest BCUT2D eigenvalue weighted by Gasteiger charge is -2.23. The van der Waals surface area contributed by atoms with Gasteiger partial charge in [-0.2, -0.15) is 0 Å². The largest absolute Gasteiger partial charge is 0.350 e. The maximum Gasteiger partial charge on any atom is 0.234 e. The molecule has 0 aliphatic carbocycles. The molecule has 5 heteroatoms. The molecular formula is C10H19N3O2. The van der Waals surface area contributed by atoms with E-state index in [1.165, 1.54) is 0 Å². The topological polar surface area (TPSA) is 75.4 Å². The molecule has 1 fully saturated rings. The first-order valence-electron chi connectivity index (χ1n) is 5.38. The highest BCUT2D eigenvalue weighted by atomic mass is 16.2. The minimum atomic E-state index is -0.148. The molecule has 0 aromatic rings. The Morgan fingerprint density at radius 1 is 1.47 bits per heavy atom. The smallest absolute Gasteiger partial charge is 0.234 e. The van der Waals surface area contributed by atoms with Gasteiger partial charge in [0.1, 0.15) is 0 Å². The number of likely N-dealkylation sites (tertiary alicyclic amines) is 1. The Bertz CT molecular complexity index is 243. The van der Waals surface area contributed by atoms with Crippen molar-refractivity contribution in [3.8, 4) is 0 Å². The lowest BCUT2D eigenvalue weighted by Crippen LogP contribution is -2.45. The molecule has 1 aliphatic heterocycles. The van der Waals surface area contributed by atoms with Crippen LogP contribution in [0.25, 0.3) is 0 Å². The minimum Gasteiger partial charge on any atom is -0.350 e. The summed E-state index contributed by atoms with van der Waals surface area (Å²) in [5.74, 6) is -0.0747. The molecular weight excluding hydrogens is 194 g/mol. The first kappa shape index (κ1) is 12.0. The van der Waals surface area contributed by atoms with Gasteiger partial charge < -0.3 is 16.0 Å². The molecule has 0 saturated carbocycles. The van der Waals surface area contributed by atoms with Crippen molar-refractivity contribution in [2.45, 2.75) is 32.2 Å². The third kappa shape index (κ3) is 3.87. The molecule has 1 atom stereocenters. The zero-order chi connectivity index (χ0) is 11.3. The fourth-order valence-corrected chi connectivity index (χ4v) is 1.83. The Morgan fingerprint density at radius 2 is 2.20 bits per heavy atom. The van der Waals surface area contributed by atoms with E-state index in [0.29, 0.717) is 6.54 Å². The van der Waals surface area contributed by atoms with Gasteiger partial charge in [-0.1, -0.05) is 0 Å². The third-order valence-corrected chi connectivity index (χ3v) is 2.67. The monoisotopic (exact) mass is 213 g/mol. The average Bonchev–Trinajstić information content (AvgIpc) is 2.43. The van der Waals surface area contributed by atoms with E-state index in [-0.39, 0.29) is 24.4 Å². The molecule has 1 unspecified atom stereocenters. The van der Waals surface area contributed by atoms with Crippen molar-refractivity contribution in [2.75, 3.05) is 19.6 Å². The first-order chi connectivity index (χ1) is 7.13. The van der Waals surface area contributed by atoms with E-state index in [1.54, 1.807) is 11.8 Å². The van der Waals surface area contributed by atoms with E-state index >= 15 is 0 Å². The molecule has 0 aromatic carbocycles. The number of amides is 2. The van der Waals surface area contributed by atoms with Gasteiger partial charge in [-0.3, -0.25) is 9.59 Å². The highest BCUT2D eigenvalue weighted by molar-refractivity contribution is 5.78. The van der Waals surface area contributed by atoms with E-state index in [2.05, 4.69) is 5.32 Å². The van der Waals surface area contributed by atoms with Crippen LogP contribution in [0.5, 0.6) is 0 Å². The molecule has 15 heavy (non-hydrogen) atoms. The van der Waals surface area contributed by atoms with E-state index in [0.717, 1.165) is 25.8 Å². The molecule has 0 radical (unpaired) electrons. The Kier molecular flexibility index (Phi) is 4.55. The summed E-state index contributed by atoms with van der Waals surface area (Å²) in [7, 11) is 0. The SMILES string of the molecule is CC(=O)N1CCCCC(NC(=O)CN)C1. The van der Waals surface area contributed by atoms with Gasteiger partial charge in [-0.25, -0.2) is 0 Å². The van der Waals surface area contributed by atoms with Crippen LogP contribution in [0, 0.1) is 0 Å². The molecule has 0 bridgehead atoms. The second-order valence-electron chi connectivity index (χ2n) is 3.93. The predicted octanol–water partition coefficient (Wildman–Crippen LogP) is -0.538. The van der Waals surface area contributed by atoms with Crippen LogP contribution in [0.15, 0.2) is 0 Å². The Hall–Kier alpha value is -1.10. The molecule has 86 valence electrons. The number of nitrogens with one attached hydrogen (secondary N) is 1. The molecule has 1 aliphatic rings. The summed E-state index contributed by atoms with van der Waals surface area (Å²) in [6, 6.07) is 0.0625. The predicted molar refractivity (Wildman–Crippen MR) is 57.1 cm³/mol. The molecule has 1 rings (SSSR count). The summed E-state index contributed by atoms with van der Waals surface area (Å²) >= 11 is 0. The number of nitrogens with zero attached hydrogens (tertiary/aromatic N) is 1. The molecule has 5 nitrogen and oxygen atoms in total. The van der Waals surface area contributed by atoms with Crippen LogP contribution < -0.4 is 11.1 Å². The van der Waals surface area contributed by atoms with Crippen molar-refractivity contribution >= 4 is 11.8 Å². The number of rotatable bonds is 2. The number of carbonyl (C=O) groups excluding carboxylic acids is 2. The van der Waals surface area contributed by atoms with Crippen LogP contribution in [0.2, 0.25) is 0 Å². The Morgan fingerprint density at radius 3 is 2.80 bits per heavy atom. The van der Waals surface area contributed by atoms with E-state index in [4.69, 9.17) is 5.73 Å². The summed E-state index contributed by atoms with van der Waals surface area (Å²) in [6.07, 6.45) is 2.98. The van der Waals surface area contributed by atoms with Crippen molar-refractivity contribution in [2.24, 2.45) is 5.73 Å². The Balaban J connectivity index is 2.49. The van der Waals surface area contributed by atoms with Crippen molar-refractivity contribution < 1.29 is 9.59 Å². The van der Waals surface area contributed by atoms with E-state index in [1.807, 2.05) is 0 Å². The quantitative estimate of drug-likeness (QED) is 0.647. The molecule has 3 N–H and O–H groups in total. The fraction of sp³-hybridized carbons (Fsp3) is 0.800. The maximum atomic E-state index is 11.2. The molecule has 1 saturated heterocycles. The number of hydrogen-bond donors (Lipinski definition) is 2. The van der Waals surface area contributed by atoms with Gasteiger partial charge >= 0.3 is 0 Å². The van der Waals surface area contributed by atoms with Crippen LogP contribution in [-0.4, -0.2) is 42.4 Å². The second kappa shape index (κ2) is 5.70. The summed E-state index contributed by atoms with van der Waals surface area (Å²) < 4.78 is 0. The van der Waals surface area contributed by atoms with Gasteiger partial charge in [0.2, 0.25) is 11.8 Å². The summed E-state index contributed by atoms with van der Waals surface area (Å²) in [6.45, 7) is 2.98. The lowest BCUT2D eigenvalue weighted by molar-refractivity contribution is -0.129.